The van der Waals surface area contributed by atoms with Crippen LogP contribution < -0.4 is 10.2 Å². The fourth-order valence-electron chi connectivity index (χ4n) is 5.51. The van der Waals surface area contributed by atoms with E-state index in [4.69, 9.17) is 0 Å². The van der Waals surface area contributed by atoms with Gasteiger partial charge in [0.2, 0.25) is 21.8 Å². The first-order chi connectivity index (χ1) is 16.7. The maximum Gasteiger partial charge on any atom is 0.244 e. The third-order valence-corrected chi connectivity index (χ3v) is 10.5. The van der Waals surface area contributed by atoms with Crippen LogP contribution in [0.3, 0.4) is 0 Å². The van der Waals surface area contributed by atoms with E-state index in [1.165, 1.54) is 23.6 Å². The molecule has 35 heavy (non-hydrogen) atoms. The lowest BCUT2D eigenvalue weighted by Gasteiger charge is -2.34. The number of nitrogens with one attached hydrogen (secondary N) is 1. The molecule has 2 amide bonds. The van der Waals surface area contributed by atoms with Crippen molar-refractivity contribution in [3.8, 4) is 0 Å². The zero-order chi connectivity index (χ0) is 25.2. The van der Waals surface area contributed by atoms with Gasteiger partial charge < -0.3 is 10.2 Å². The quantitative estimate of drug-likeness (QED) is 0.545. The van der Waals surface area contributed by atoms with Crippen molar-refractivity contribution in [2.75, 3.05) is 44.2 Å². The van der Waals surface area contributed by atoms with Crippen LogP contribution in [0, 0.1) is 5.92 Å². The minimum absolute atomic E-state index is 0.0110. The number of sulfonamides is 1. The average molecular weight is 570 g/mol. The van der Waals surface area contributed by atoms with Crippen LogP contribution in [0.25, 0.3) is 0 Å². The minimum Gasteiger partial charge on any atom is -0.355 e. The summed E-state index contributed by atoms with van der Waals surface area (Å²) in [5, 5.41) is 3.05. The van der Waals surface area contributed by atoms with Crippen LogP contribution in [-0.4, -0.2) is 74.7 Å². The molecule has 3 aliphatic rings. The first-order valence-electron chi connectivity index (χ1n) is 12.9. The minimum atomic E-state index is -3.82. The van der Waals surface area contributed by atoms with Crippen molar-refractivity contribution in [1.82, 2.24) is 14.5 Å². The van der Waals surface area contributed by atoms with E-state index in [1.807, 2.05) is 13.0 Å². The summed E-state index contributed by atoms with van der Waals surface area (Å²) < 4.78 is 29.2. The van der Waals surface area contributed by atoms with Gasteiger partial charge in [-0.05, 0) is 79.2 Å². The van der Waals surface area contributed by atoms with Crippen molar-refractivity contribution in [3.63, 3.8) is 0 Å². The zero-order valence-corrected chi connectivity index (χ0v) is 23.2. The van der Waals surface area contributed by atoms with E-state index in [0.29, 0.717) is 61.5 Å². The van der Waals surface area contributed by atoms with Crippen LogP contribution >= 0.6 is 15.9 Å². The van der Waals surface area contributed by atoms with Crippen LogP contribution in [0.5, 0.6) is 0 Å². The lowest BCUT2D eigenvalue weighted by molar-refractivity contribution is -0.126. The molecule has 2 fully saturated rings. The fourth-order valence-corrected chi connectivity index (χ4v) is 8.10. The summed E-state index contributed by atoms with van der Waals surface area (Å²) in [7, 11) is -3.82. The Morgan fingerprint density at radius 2 is 1.91 bits per heavy atom. The van der Waals surface area contributed by atoms with E-state index in [-0.39, 0.29) is 29.2 Å². The second-order valence-electron chi connectivity index (χ2n) is 9.93. The van der Waals surface area contributed by atoms with Gasteiger partial charge in [0.25, 0.3) is 0 Å². The highest BCUT2D eigenvalue weighted by Gasteiger charge is 2.36. The van der Waals surface area contributed by atoms with Gasteiger partial charge in [0, 0.05) is 55.3 Å². The molecule has 2 saturated heterocycles. The van der Waals surface area contributed by atoms with Gasteiger partial charge in [-0.25, -0.2) is 8.42 Å². The molecular formula is C25H37BrN4O4S. The van der Waals surface area contributed by atoms with Gasteiger partial charge in [-0.1, -0.05) is 13.3 Å². The molecule has 2 atom stereocenters. The number of hydrogen-bond donors (Lipinski definition) is 1. The molecule has 0 aromatic heterocycles. The van der Waals surface area contributed by atoms with Gasteiger partial charge in [-0.3, -0.25) is 14.5 Å². The highest BCUT2D eigenvalue weighted by atomic mass is 79.9. The summed E-state index contributed by atoms with van der Waals surface area (Å²) >= 11 is 3.45. The van der Waals surface area contributed by atoms with E-state index in [2.05, 4.69) is 33.1 Å². The number of fused-ring (bicyclic) bond motifs is 1. The number of rotatable bonds is 7. The number of amides is 2. The van der Waals surface area contributed by atoms with Gasteiger partial charge in [0.15, 0.2) is 0 Å². The Bertz CT molecular complexity index is 1060. The predicted molar refractivity (Wildman–Crippen MR) is 140 cm³/mol. The molecule has 0 saturated carbocycles. The molecule has 10 heteroatoms. The molecule has 0 aliphatic carbocycles. The molecule has 1 aromatic rings. The molecule has 0 radical (unpaired) electrons. The lowest BCUT2D eigenvalue weighted by atomic mass is 9.99. The first-order valence-corrected chi connectivity index (χ1v) is 15.1. The number of carbonyl (C=O) groups excluding carboxylic acids is 2. The standard InChI is InChI=1S/C25H37BrN4O4S/c1-3-24(31)30-13-9-19-15-21(26)23(16-22(19)30)35(33,34)29-12-6-8-20(17-29)25(32)27-10-14-28-11-5-4-7-18(28)2/h15-16,18,20H,3-14,17H2,1-2H3,(H,27,32)/t18-,20-/m1/s1. The molecule has 1 aromatic carbocycles. The van der Waals surface area contributed by atoms with Gasteiger partial charge in [0.1, 0.15) is 0 Å². The maximum absolute atomic E-state index is 13.6. The van der Waals surface area contributed by atoms with Crippen molar-refractivity contribution in [3.05, 3.63) is 22.2 Å². The Morgan fingerprint density at radius 1 is 1.11 bits per heavy atom. The Hall–Kier alpha value is -1.49. The number of piperidine rings is 2. The number of nitrogens with zero attached hydrogens (tertiary/aromatic N) is 3. The summed E-state index contributed by atoms with van der Waals surface area (Å²) in [5.74, 6) is -0.436. The number of carbonyl (C=O) groups is 2. The highest BCUT2D eigenvalue weighted by Crippen LogP contribution is 2.37. The molecule has 3 heterocycles. The normalized spacial score (nSPS) is 23.8. The Balaban J connectivity index is 1.42. The third kappa shape index (κ3) is 5.76. The SMILES string of the molecule is CCC(=O)N1CCc2cc(Br)c(S(=O)(=O)N3CCC[C@@H](C(=O)NCCN4CCCC[C@H]4C)C3)cc21. The maximum atomic E-state index is 13.6. The second-order valence-corrected chi connectivity index (χ2v) is 12.7. The summed E-state index contributed by atoms with van der Waals surface area (Å²) in [4.78, 5) is 29.5. The third-order valence-electron chi connectivity index (χ3n) is 7.64. The smallest absolute Gasteiger partial charge is 0.244 e. The average Bonchev–Trinajstić information content (AvgIpc) is 3.26. The monoisotopic (exact) mass is 568 g/mol. The Labute approximate surface area is 217 Å². The number of likely N-dealkylation sites (tertiary alicyclic amines) is 1. The molecule has 1 N–H and O–H groups in total. The molecule has 0 bridgehead atoms. The highest BCUT2D eigenvalue weighted by molar-refractivity contribution is 9.10. The lowest BCUT2D eigenvalue weighted by Crippen LogP contribution is -2.47. The Morgan fingerprint density at radius 3 is 2.66 bits per heavy atom. The summed E-state index contributed by atoms with van der Waals surface area (Å²) in [6, 6.07) is 3.99. The van der Waals surface area contributed by atoms with Crippen molar-refractivity contribution < 1.29 is 18.0 Å². The first kappa shape index (κ1) is 26.6. The van der Waals surface area contributed by atoms with Crippen molar-refractivity contribution in [2.45, 2.75) is 69.7 Å². The molecule has 8 nitrogen and oxygen atoms in total. The molecular weight excluding hydrogens is 532 g/mol. The molecule has 194 valence electrons. The van der Waals surface area contributed by atoms with Crippen LogP contribution in [0.2, 0.25) is 0 Å². The number of halogens is 1. The van der Waals surface area contributed by atoms with Crippen LogP contribution in [-0.2, 0) is 26.0 Å². The zero-order valence-electron chi connectivity index (χ0n) is 20.8. The predicted octanol–water partition coefficient (Wildman–Crippen LogP) is 3.14. The van der Waals surface area contributed by atoms with Crippen LogP contribution in [0.1, 0.15) is 57.9 Å². The molecule has 4 rings (SSSR count). The van der Waals surface area contributed by atoms with E-state index < -0.39 is 10.0 Å². The van der Waals surface area contributed by atoms with Crippen LogP contribution in [0.15, 0.2) is 21.5 Å². The van der Waals surface area contributed by atoms with Crippen molar-refractivity contribution in [1.29, 1.82) is 0 Å². The van der Waals surface area contributed by atoms with Crippen LogP contribution in [0.4, 0.5) is 5.69 Å². The topological polar surface area (TPSA) is 90.0 Å². The van der Waals surface area contributed by atoms with E-state index in [0.717, 1.165) is 18.7 Å². The van der Waals surface area contributed by atoms with E-state index in [9.17, 15) is 18.0 Å². The van der Waals surface area contributed by atoms with E-state index >= 15 is 0 Å². The Kier molecular flexibility index (Phi) is 8.56. The van der Waals surface area contributed by atoms with Gasteiger partial charge in [-0.15, -0.1) is 0 Å². The second kappa shape index (κ2) is 11.3. The van der Waals surface area contributed by atoms with Gasteiger partial charge in [0.05, 0.1) is 10.8 Å². The van der Waals surface area contributed by atoms with Crippen molar-refractivity contribution >= 4 is 43.5 Å². The fraction of sp³-hybridized carbons (Fsp3) is 0.680. The summed E-state index contributed by atoms with van der Waals surface area (Å²) in [6.07, 6.45) is 6.08. The number of anilines is 1. The van der Waals surface area contributed by atoms with E-state index in [1.54, 1.807) is 11.0 Å². The van der Waals surface area contributed by atoms with Crippen molar-refractivity contribution in [2.24, 2.45) is 5.92 Å². The number of hydrogen-bond acceptors (Lipinski definition) is 5. The molecule has 0 unspecified atom stereocenters. The van der Waals surface area contributed by atoms with Gasteiger partial charge in [-0.2, -0.15) is 4.31 Å². The van der Waals surface area contributed by atoms with Gasteiger partial charge >= 0.3 is 0 Å². The number of benzene rings is 1. The summed E-state index contributed by atoms with van der Waals surface area (Å²) in [6.45, 7) is 7.67. The molecule has 0 spiro atoms. The summed E-state index contributed by atoms with van der Waals surface area (Å²) in [5.41, 5.74) is 1.65. The molecule has 3 aliphatic heterocycles. The largest absolute Gasteiger partial charge is 0.355 e.